The summed E-state index contributed by atoms with van der Waals surface area (Å²) in [6, 6.07) is 7.83. The summed E-state index contributed by atoms with van der Waals surface area (Å²) in [6.07, 6.45) is -4.38. The van der Waals surface area contributed by atoms with E-state index < -0.39 is 11.9 Å². The highest BCUT2D eigenvalue weighted by molar-refractivity contribution is 7.13. The van der Waals surface area contributed by atoms with Crippen LogP contribution in [0.1, 0.15) is 12.6 Å². The van der Waals surface area contributed by atoms with Crippen LogP contribution in [0.15, 0.2) is 29.6 Å². The monoisotopic (exact) mass is 357 g/mol. The van der Waals surface area contributed by atoms with Crippen LogP contribution in [0.25, 0.3) is 0 Å². The van der Waals surface area contributed by atoms with Crippen LogP contribution in [-0.2, 0) is 6.18 Å². The molecule has 1 fully saturated rings. The fourth-order valence-corrected chi connectivity index (χ4v) is 3.56. The van der Waals surface area contributed by atoms with Gasteiger partial charge in [0.1, 0.15) is 5.75 Å². The van der Waals surface area contributed by atoms with Gasteiger partial charge in [0, 0.05) is 31.6 Å². The maximum absolute atomic E-state index is 12.7. The number of hydrogen-bond donors (Lipinski definition) is 0. The predicted molar refractivity (Wildman–Crippen MR) is 89.2 cm³/mol. The van der Waals surface area contributed by atoms with Crippen molar-refractivity contribution in [2.75, 3.05) is 42.6 Å². The molecule has 0 atom stereocenters. The predicted octanol–water partition coefficient (Wildman–Crippen LogP) is 3.89. The van der Waals surface area contributed by atoms with Gasteiger partial charge in [0.25, 0.3) is 0 Å². The number of para-hydroxylation sites is 2. The Balaban J connectivity index is 1.67. The first-order valence-corrected chi connectivity index (χ1v) is 8.61. The number of anilines is 2. The van der Waals surface area contributed by atoms with Crippen molar-refractivity contribution in [3.63, 3.8) is 0 Å². The number of hydrogen-bond acceptors (Lipinski definition) is 5. The molecule has 0 aliphatic carbocycles. The molecule has 0 N–H and O–H groups in total. The summed E-state index contributed by atoms with van der Waals surface area (Å²) >= 11 is 1.04. The lowest BCUT2D eigenvalue weighted by molar-refractivity contribution is -0.140. The fraction of sp³-hybridized carbons (Fsp3) is 0.438. The SMILES string of the molecule is CCOc1ccccc1N1CCN(c2nc(C(F)(F)F)cs2)CC1. The number of benzene rings is 1. The molecule has 0 bridgehead atoms. The second kappa shape index (κ2) is 6.88. The van der Waals surface area contributed by atoms with Gasteiger partial charge in [0.15, 0.2) is 10.8 Å². The first-order valence-electron chi connectivity index (χ1n) is 7.73. The topological polar surface area (TPSA) is 28.6 Å². The van der Waals surface area contributed by atoms with Crippen molar-refractivity contribution in [2.24, 2.45) is 0 Å². The Morgan fingerprint density at radius 3 is 2.42 bits per heavy atom. The van der Waals surface area contributed by atoms with Crippen molar-refractivity contribution in [1.29, 1.82) is 0 Å². The van der Waals surface area contributed by atoms with Crippen molar-refractivity contribution in [3.8, 4) is 5.75 Å². The highest BCUT2D eigenvalue weighted by Crippen LogP contribution is 2.34. The smallest absolute Gasteiger partial charge is 0.434 e. The van der Waals surface area contributed by atoms with Gasteiger partial charge in [-0.15, -0.1) is 11.3 Å². The second-order valence-electron chi connectivity index (χ2n) is 5.39. The fourth-order valence-electron chi connectivity index (χ4n) is 2.67. The molecule has 1 aromatic heterocycles. The zero-order valence-electron chi connectivity index (χ0n) is 13.2. The molecule has 1 aliphatic heterocycles. The number of aromatic nitrogens is 1. The highest BCUT2D eigenvalue weighted by Gasteiger charge is 2.34. The lowest BCUT2D eigenvalue weighted by atomic mass is 10.2. The Morgan fingerprint density at radius 1 is 1.12 bits per heavy atom. The minimum atomic E-state index is -4.38. The van der Waals surface area contributed by atoms with Crippen molar-refractivity contribution < 1.29 is 17.9 Å². The van der Waals surface area contributed by atoms with E-state index in [9.17, 15) is 13.2 Å². The summed E-state index contributed by atoms with van der Waals surface area (Å²) in [6.45, 7) is 5.22. The zero-order chi connectivity index (χ0) is 17.2. The maximum Gasteiger partial charge on any atom is 0.434 e. The molecule has 4 nitrogen and oxygen atoms in total. The number of rotatable bonds is 4. The van der Waals surface area contributed by atoms with Gasteiger partial charge < -0.3 is 14.5 Å². The Bertz CT molecular complexity index is 681. The van der Waals surface area contributed by atoms with E-state index in [0.29, 0.717) is 37.9 Å². The first-order chi connectivity index (χ1) is 11.5. The largest absolute Gasteiger partial charge is 0.492 e. The van der Waals surface area contributed by atoms with Crippen molar-refractivity contribution in [3.05, 3.63) is 35.3 Å². The van der Waals surface area contributed by atoms with E-state index in [-0.39, 0.29) is 0 Å². The van der Waals surface area contributed by atoms with Gasteiger partial charge >= 0.3 is 6.18 Å². The highest BCUT2D eigenvalue weighted by atomic mass is 32.1. The number of nitrogens with zero attached hydrogens (tertiary/aromatic N) is 3. The van der Waals surface area contributed by atoms with Crippen molar-refractivity contribution in [2.45, 2.75) is 13.1 Å². The van der Waals surface area contributed by atoms with Crippen LogP contribution in [-0.4, -0.2) is 37.8 Å². The second-order valence-corrected chi connectivity index (χ2v) is 6.22. The minimum absolute atomic E-state index is 0.431. The molecule has 1 saturated heterocycles. The molecule has 8 heteroatoms. The third-order valence-electron chi connectivity index (χ3n) is 3.84. The van der Waals surface area contributed by atoms with E-state index in [4.69, 9.17) is 4.74 Å². The molecule has 1 aliphatic rings. The van der Waals surface area contributed by atoms with Crippen LogP contribution in [0.3, 0.4) is 0 Å². The summed E-state index contributed by atoms with van der Waals surface area (Å²) in [5.74, 6) is 0.835. The zero-order valence-corrected chi connectivity index (χ0v) is 14.0. The molecule has 3 rings (SSSR count). The summed E-state index contributed by atoms with van der Waals surface area (Å²) in [5, 5.41) is 1.51. The van der Waals surface area contributed by atoms with Gasteiger partial charge in [-0.1, -0.05) is 12.1 Å². The number of halogens is 3. The number of ether oxygens (including phenoxy) is 1. The van der Waals surface area contributed by atoms with Gasteiger partial charge in [0.2, 0.25) is 0 Å². The Morgan fingerprint density at radius 2 is 1.79 bits per heavy atom. The molecule has 2 heterocycles. The molecule has 0 spiro atoms. The molecule has 0 saturated carbocycles. The molecule has 2 aromatic rings. The van der Waals surface area contributed by atoms with E-state index >= 15 is 0 Å². The van der Waals surface area contributed by atoms with E-state index in [1.165, 1.54) is 0 Å². The average molecular weight is 357 g/mol. The number of piperazine rings is 1. The first kappa shape index (κ1) is 16.9. The summed E-state index contributed by atoms with van der Waals surface area (Å²) in [4.78, 5) is 7.82. The molecular formula is C16H18F3N3OS. The Kier molecular flexibility index (Phi) is 4.84. The van der Waals surface area contributed by atoms with Crippen LogP contribution in [0, 0.1) is 0 Å². The van der Waals surface area contributed by atoms with E-state index in [0.717, 1.165) is 28.2 Å². The van der Waals surface area contributed by atoms with Gasteiger partial charge in [-0.05, 0) is 19.1 Å². The third-order valence-corrected chi connectivity index (χ3v) is 4.74. The molecule has 0 amide bonds. The van der Waals surface area contributed by atoms with Crippen LogP contribution < -0.4 is 14.5 Å². The molecule has 0 unspecified atom stereocenters. The molecule has 130 valence electrons. The minimum Gasteiger partial charge on any atom is -0.492 e. The van der Waals surface area contributed by atoms with E-state index in [1.807, 2.05) is 36.1 Å². The Labute approximate surface area is 142 Å². The quantitative estimate of drug-likeness (QED) is 0.830. The van der Waals surface area contributed by atoms with Crippen LogP contribution in [0.2, 0.25) is 0 Å². The van der Waals surface area contributed by atoms with Crippen molar-refractivity contribution >= 4 is 22.2 Å². The van der Waals surface area contributed by atoms with Gasteiger partial charge in [-0.2, -0.15) is 13.2 Å². The normalized spacial score (nSPS) is 15.7. The number of thiazole rings is 1. The summed E-state index contributed by atoms with van der Waals surface area (Å²) in [7, 11) is 0. The molecule has 1 aromatic carbocycles. The maximum atomic E-state index is 12.7. The molecule has 24 heavy (non-hydrogen) atoms. The molecular weight excluding hydrogens is 339 g/mol. The summed E-state index contributed by atoms with van der Waals surface area (Å²) in [5.41, 5.74) is 0.209. The van der Waals surface area contributed by atoms with Crippen LogP contribution >= 0.6 is 11.3 Å². The van der Waals surface area contributed by atoms with Crippen LogP contribution in [0.5, 0.6) is 5.75 Å². The Hall–Kier alpha value is -1.96. The van der Waals surface area contributed by atoms with Gasteiger partial charge in [-0.25, -0.2) is 4.98 Å². The van der Waals surface area contributed by atoms with E-state index in [1.54, 1.807) is 0 Å². The number of alkyl halides is 3. The molecule has 0 radical (unpaired) electrons. The lowest BCUT2D eigenvalue weighted by Gasteiger charge is -2.36. The van der Waals surface area contributed by atoms with Crippen LogP contribution in [0.4, 0.5) is 24.0 Å². The van der Waals surface area contributed by atoms with Crippen molar-refractivity contribution in [1.82, 2.24) is 4.98 Å². The van der Waals surface area contributed by atoms with Gasteiger partial charge in [0.05, 0.1) is 12.3 Å². The van der Waals surface area contributed by atoms with E-state index in [2.05, 4.69) is 9.88 Å². The van der Waals surface area contributed by atoms with Gasteiger partial charge in [-0.3, -0.25) is 0 Å². The lowest BCUT2D eigenvalue weighted by Crippen LogP contribution is -2.46. The standard InChI is InChI=1S/C16H18F3N3OS/c1-2-23-13-6-4-3-5-12(13)21-7-9-22(10-8-21)15-20-14(11-24-15)16(17,18)19/h3-6,11H,2,7-10H2,1H3. The average Bonchev–Trinajstić information content (AvgIpc) is 3.06. The third kappa shape index (κ3) is 3.58. The summed E-state index contributed by atoms with van der Waals surface area (Å²) < 4.78 is 43.7.